The van der Waals surface area contributed by atoms with Crippen molar-refractivity contribution >= 4 is 15.9 Å². The van der Waals surface area contributed by atoms with Gasteiger partial charge in [0.25, 0.3) is 0 Å². The zero-order valence-corrected chi connectivity index (χ0v) is 12.8. The van der Waals surface area contributed by atoms with Gasteiger partial charge in [0, 0.05) is 37.1 Å². The molecule has 1 N–H and O–H groups in total. The molecule has 1 aromatic heterocycles. The molecule has 106 valence electrons. The number of piperazine rings is 1. The van der Waals surface area contributed by atoms with Crippen LogP contribution in [0.2, 0.25) is 0 Å². The van der Waals surface area contributed by atoms with Crippen molar-refractivity contribution in [3.8, 4) is 0 Å². The van der Waals surface area contributed by atoms with E-state index in [9.17, 15) is 0 Å². The third kappa shape index (κ3) is 3.45. The van der Waals surface area contributed by atoms with E-state index in [1.54, 1.807) is 0 Å². The Morgan fingerprint density at radius 2 is 2.05 bits per heavy atom. The van der Waals surface area contributed by atoms with Crippen LogP contribution in [0.15, 0.2) is 33.3 Å². The summed E-state index contributed by atoms with van der Waals surface area (Å²) >= 11 is 3.54. The number of hydrogen-bond donors (Lipinski definition) is 1. The molecule has 2 heterocycles. The number of halogens is 1. The summed E-state index contributed by atoms with van der Waals surface area (Å²) in [5, 5.41) is 7.40. The lowest BCUT2D eigenvalue weighted by atomic mass is 10.1. The van der Waals surface area contributed by atoms with Gasteiger partial charge in [-0.25, -0.2) is 0 Å². The van der Waals surface area contributed by atoms with E-state index < -0.39 is 0 Å². The van der Waals surface area contributed by atoms with Crippen LogP contribution in [0, 0.1) is 0 Å². The molecule has 0 spiro atoms. The maximum Gasteiger partial charge on any atom is 0.240 e. The third-order valence-corrected chi connectivity index (χ3v) is 4.16. The number of aromatic nitrogens is 2. The molecular formula is C14H17BrN4O. The molecule has 20 heavy (non-hydrogen) atoms. The highest BCUT2D eigenvalue weighted by Gasteiger charge is 2.14. The predicted molar refractivity (Wildman–Crippen MR) is 79.4 cm³/mol. The summed E-state index contributed by atoms with van der Waals surface area (Å²) in [6, 6.07) is 8.11. The maximum absolute atomic E-state index is 5.34. The second-order valence-electron chi connectivity index (χ2n) is 4.90. The lowest BCUT2D eigenvalue weighted by Gasteiger charge is -2.25. The second kappa shape index (κ2) is 6.47. The molecule has 3 rings (SSSR count). The van der Waals surface area contributed by atoms with Crippen LogP contribution < -0.4 is 5.32 Å². The van der Waals surface area contributed by atoms with Gasteiger partial charge in [0.1, 0.15) is 0 Å². The van der Waals surface area contributed by atoms with Crippen molar-refractivity contribution in [3.05, 3.63) is 46.0 Å². The van der Waals surface area contributed by atoms with Gasteiger partial charge in [0.05, 0.1) is 6.54 Å². The maximum atomic E-state index is 5.34. The monoisotopic (exact) mass is 336 g/mol. The minimum Gasteiger partial charge on any atom is -0.338 e. The Balaban J connectivity index is 1.63. The average molecular weight is 337 g/mol. The molecule has 5 nitrogen and oxygen atoms in total. The van der Waals surface area contributed by atoms with E-state index in [4.69, 9.17) is 4.52 Å². The zero-order valence-electron chi connectivity index (χ0n) is 11.2. The van der Waals surface area contributed by atoms with Crippen LogP contribution in [-0.4, -0.2) is 41.2 Å². The molecule has 0 bridgehead atoms. The van der Waals surface area contributed by atoms with Gasteiger partial charge in [0.2, 0.25) is 5.89 Å². The van der Waals surface area contributed by atoms with Crippen molar-refractivity contribution in [1.82, 2.24) is 20.4 Å². The molecule has 0 amide bonds. The highest BCUT2D eigenvalue weighted by atomic mass is 79.9. The minimum atomic E-state index is 0.687. The molecule has 0 radical (unpaired) electrons. The van der Waals surface area contributed by atoms with E-state index >= 15 is 0 Å². The van der Waals surface area contributed by atoms with E-state index in [1.807, 2.05) is 18.2 Å². The number of nitrogens with zero attached hydrogens (tertiary/aromatic N) is 3. The molecule has 6 heteroatoms. The summed E-state index contributed by atoms with van der Waals surface area (Å²) in [6.07, 6.45) is 0.687. The van der Waals surface area contributed by atoms with E-state index in [0.717, 1.165) is 43.0 Å². The van der Waals surface area contributed by atoms with E-state index in [1.165, 1.54) is 5.56 Å². The van der Waals surface area contributed by atoms with Gasteiger partial charge < -0.3 is 9.84 Å². The number of nitrogens with one attached hydrogen (secondary N) is 1. The quantitative estimate of drug-likeness (QED) is 0.923. The van der Waals surface area contributed by atoms with Gasteiger partial charge in [-0.15, -0.1) is 0 Å². The molecule has 1 saturated heterocycles. The Labute approximate surface area is 126 Å². The first kappa shape index (κ1) is 13.7. The fourth-order valence-electron chi connectivity index (χ4n) is 2.30. The van der Waals surface area contributed by atoms with Gasteiger partial charge in [-0.3, -0.25) is 4.90 Å². The van der Waals surface area contributed by atoms with Gasteiger partial charge in [-0.05, 0) is 11.6 Å². The molecule has 0 unspecified atom stereocenters. The van der Waals surface area contributed by atoms with Gasteiger partial charge in [-0.1, -0.05) is 39.3 Å². The number of rotatable bonds is 4. The number of hydrogen-bond acceptors (Lipinski definition) is 5. The molecule has 0 saturated carbocycles. The molecule has 2 aromatic rings. The van der Waals surface area contributed by atoms with Crippen molar-refractivity contribution in [2.24, 2.45) is 0 Å². The second-order valence-corrected chi connectivity index (χ2v) is 5.75. The van der Waals surface area contributed by atoms with Crippen molar-refractivity contribution in [2.75, 3.05) is 26.2 Å². The van der Waals surface area contributed by atoms with Gasteiger partial charge in [-0.2, -0.15) is 4.98 Å². The van der Waals surface area contributed by atoms with Gasteiger partial charge >= 0.3 is 0 Å². The Morgan fingerprint density at radius 3 is 2.85 bits per heavy atom. The highest BCUT2D eigenvalue weighted by molar-refractivity contribution is 9.10. The first-order valence-corrected chi connectivity index (χ1v) is 7.58. The van der Waals surface area contributed by atoms with Crippen LogP contribution >= 0.6 is 15.9 Å². The molecule has 0 aliphatic carbocycles. The summed E-state index contributed by atoms with van der Waals surface area (Å²) in [4.78, 5) is 6.81. The molecule has 1 fully saturated rings. The molecule has 0 atom stereocenters. The molecular weight excluding hydrogens is 320 g/mol. The predicted octanol–water partition coefficient (Wildman–Crippen LogP) is 1.83. The standard InChI is InChI=1S/C14H17BrN4O/c15-12-4-2-1-3-11(12)9-13-17-14(20-18-13)10-19-7-5-16-6-8-19/h1-4,16H,5-10H2. The SMILES string of the molecule is Brc1ccccc1Cc1noc(CN2CCNCC2)n1. The van der Waals surface area contributed by atoms with Crippen molar-refractivity contribution in [2.45, 2.75) is 13.0 Å². The molecule has 1 aliphatic heterocycles. The van der Waals surface area contributed by atoms with E-state index in [-0.39, 0.29) is 0 Å². The fourth-order valence-corrected chi connectivity index (χ4v) is 2.72. The smallest absolute Gasteiger partial charge is 0.240 e. The number of benzene rings is 1. The summed E-state index contributed by atoms with van der Waals surface area (Å²) in [6.45, 7) is 4.85. The largest absolute Gasteiger partial charge is 0.338 e. The summed E-state index contributed by atoms with van der Waals surface area (Å²) in [5.74, 6) is 1.44. The van der Waals surface area contributed by atoms with Crippen molar-refractivity contribution in [3.63, 3.8) is 0 Å². The average Bonchev–Trinajstić information content (AvgIpc) is 2.90. The third-order valence-electron chi connectivity index (χ3n) is 3.39. The normalized spacial score (nSPS) is 16.4. The topological polar surface area (TPSA) is 54.2 Å². The lowest BCUT2D eigenvalue weighted by molar-refractivity contribution is 0.203. The van der Waals surface area contributed by atoms with Crippen molar-refractivity contribution in [1.29, 1.82) is 0 Å². The minimum absolute atomic E-state index is 0.687. The summed E-state index contributed by atoms with van der Waals surface area (Å²) < 4.78 is 6.42. The lowest BCUT2D eigenvalue weighted by Crippen LogP contribution is -2.42. The first-order chi connectivity index (χ1) is 9.81. The van der Waals surface area contributed by atoms with Crippen LogP contribution in [0.5, 0.6) is 0 Å². The van der Waals surface area contributed by atoms with Crippen LogP contribution in [0.1, 0.15) is 17.3 Å². The van der Waals surface area contributed by atoms with Crippen LogP contribution in [-0.2, 0) is 13.0 Å². The molecule has 1 aromatic carbocycles. The summed E-state index contributed by atoms with van der Waals surface area (Å²) in [5.41, 5.74) is 1.17. The Kier molecular flexibility index (Phi) is 4.44. The highest BCUT2D eigenvalue weighted by Crippen LogP contribution is 2.18. The van der Waals surface area contributed by atoms with Crippen LogP contribution in [0.25, 0.3) is 0 Å². The Hall–Kier alpha value is -1.24. The van der Waals surface area contributed by atoms with E-state index in [0.29, 0.717) is 12.3 Å². The van der Waals surface area contributed by atoms with E-state index in [2.05, 4.69) is 42.4 Å². The first-order valence-electron chi connectivity index (χ1n) is 6.79. The van der Waals surface area contributed by atoms with Crippen LogP contribution in [0.4, 0.5) is 0 Å². The Morgan fingerprint density at radius 1 is 1.25 bits per heavy atom. The summed E-state index contributed by atoms with van der Waals surface area (Å²) in [7, 11) is 0. The fraction of sp³-hybridized carbons (Fsp3) is 0.429. The molecule has 1 aliphatic rings. The Bertz CT molecular complexity index is 566. The van der Waals surface area contributed by atoms with Crippen molar-refractivity contribution < 1.29 is 4.52 Å². The zero-order chi connectivity index (χ0) is 13.8. The van der Waals surface area contributed by atoms with Crippen LogP contribution in [0.3, 0.4) is 0 Å². The van der Waals surface area contributed by atoms with Gasteiger partial charge in [0.15, 0.2) is 5.82 Å².